The van der Waals surface area contributed by atoms with E-state index >= 15 is 0 Å². The minimum absolute atomic E-state index is 0.0993. The van der Waals surface area contributed by atoms with E-state index in [1.807, 2.05) is 5.43 Å². The van der Waals surface area contributed by atoms with Crippen LogP contribution in [0.15, 0.2) is 23.1 Å². The van der Waals surface area contributed by atoms with Crippen LogP contribution in [-0.2, 0) is 10.0 Å². The summed E-state index contributed by atoms with van der Waals surface area (Å²) in [5.74, 6) is 5.03. The molecule has 0 saturated carbocycles. The molecule has 8 nitrogen and oxygen atoms in total. The van der Waals surface area contributed by atoms with Gasteiger partial charge in [-0.3, -0.25) is 16.0 Å². The molecule has 0 bridgehead atoms. The highest BCUT2D eigenvalue weighted by atomic mass is 32.2. The lowest BCUT2D eigenvalue weighted by molar-refractivity contribution is -0.384. The summed E-state index contributed by atoms with van der Waals surface area (Å²) >= 11 is 0. The molecule has 0 fully saturated rings. The standard InChI is InChI=1S/C8H10F2N4O4S/c9-8(10)4-12-19(17,18)5-1-2-6(13-11)7(3-5)14(15)16/h1-3,8,12-13H,4,11H2. The first-order valence-electron chi connectivity index (χ1n) is 4.81. The molecule has 1 aromatic rings. The van der Waals surface area contributed by atoms with E-state index in [9.17, 15) is 27.3 Å². The van der Waals surface area contributed by atoms with Gasteiger partial charge in [0.1, 0.15) is 5.69 Å². The Bertz CT molecular complexity index is 578. The van der Waals surface area contributed by atoms with Gasteiger partial charge in [0.05, 0.1) is 16.4 Å². The molecule has 1 aromatic carbocycles. The van der Waals surface area contributed by atoms with Gasteiger partial charge in [-0.25, -0.2) is 21.9 Å². The van der Waals surface area contributed by atoms with Gasteiger partial charge in [0, 0.05) is 6.07 Å². The summed E-state index contributed by atoms with van der Waals surface area (Å²) in [6.07, 6.45) is -2.87. The van der Waals surface area contributed by atoms with E-state index in [4.69, 9.17) is 5.84 Å². The largest absolute Gasteiger partial charge is 0.318 e. The Kier molecular flexibility index (Phi) is 4.69. The Morgan fingerprint density at radius 3 is 2.53 bits per heavy atom. The third-order valence-corrected chi connectivity index (χ3v) is 3.48. The van der Waals surface area contributed by atoms with E-state index in [2.05, 4.69) is 0 Å². The number of nitrogens with one attached hydrogen (secondary N) is 2. The topological polar surface area (TPSA) is 127 Å². The van der Waals surface area contributed by atoms with Crippen LogP contribution < -0.4 is 16.0 Å². The number of hydrogen-bond acceptors (Lipinski definition) is 6. The molecule has 106 valence electrons. The quantitative estimate of drug-likeness (QED) is 0.396. The minimum atomic E-state index is -4.24. The van der Waals surface area contributed by atoms with Crippen molar-refractivity contribution in [3.8, 4) is 0 Å². The smallest absolute Gasteiger partial charge is 0.294 e. The van der Waals surface area contributed by atoms with Crippen molar-refractivity contribution < 1.29 is 22.1 Å². The molecule has 0 atom stereocenters. The van der Waals surface area contributed by atoms with Gasteiger partial charge in [-0.1, -0.05) is 0 Å². The van der Waals surface area contributed by atoms with E-state index < -0.39 is 38.5 Å². The number of anilines is 1. The van der Waals surface area contributed by atoms with E-state index in [1.165, 1.54) is 0 Å². The molecule has 4 N–H and O–H groups in total. The molecule has 0 aliphatic heterocycles. The van der Waals surface area contributed by atoms with Crippen LogP contribution in [0.5, 0.6) is 0 Å². The van der Waals surface area contributed by atoms with Crippen LogP contribution >= 0.6 is 0 Å². The highest BCUT2D eigenvalue weighted by Crippen LogP contribution is 2.26. The Hall–Kier alpha value is -1.85. The minimum Gasteiger partial charge on any atom is -0.318 e. The second-order valence-corrected chi connectivity index (χ2v) is 5.09. The molecule has 0 aromatic heterocycles. The molecular formula is C8H10F2N4O4S. The first-order chi connectivity index (χ1) is 8.77. The highest BCUT2D eigenvalue weighted by Gasteiger charge is 2.21. The first-order valence-corrected chi connectivity index (χ1v) is 6.29. The average molecular weight is 296 g/mol. The molecule has 19 heavy (non-hydrogen) atoms. The Balaban J connectivity index is 3.14. The van der Waals surface area contributed by atoms with Gasteiger partial charge in [0.2, 0.25) is 10.0 Å². The van der Waals surface area contributed by atoms with Crippen molar-refractivity contribution in [2.45, 2.75) is 11.3 Å². The molecule has 0 amide bonds. The summed E-state index contributed by atoms with van der Waals surface area (Å²) in [4.78, 5) is 9.35. The second-order valence-electron chi connectivity index (χ2n) is 3.32. The van der Waals surface area contributed by atoms with Crippen LogP contribution in [-0.4, -0.2) is 26.3 Å². The van der Waals surface area contributed by atoms with Gasteiger partial charge in [0.15, 0.2) is 0 Å². The molecule has 0 aliphatic carbocycles. The maximum absolute atomic E-state index is 11.9. The number of sulfonamides is 1. The summed E-state index contributed by atoms with van der Waals surface area (Å²) in [5, 5.41) is 10.7. The van der Waals surface area contributed by atoms with Gasteiger partial charge in [0.25, 0.3) is 12.1 Å². The van der Waals surface area contributed by atoms with E-state index in [-0.39, 0.29) is 5.69 Å². The number of hydrogen-bond donors (Lipinski definition) is 3. The number of rotatable bonds is 6. The van der Waals surface area contributed by atoms with Crippen molar-refractivity contribution in [1.29, 1.82) is 0 Å². The van der Waals surface area contributed by atoms with Crippen molar-refractivity contribution in [1.82, 2.24) is 4.72 Å². The maximum atomic E-state index is 11.9. The second kappa shape index (κ2) is 5.86. The van der Waals surface area contributed by atoms with Crippen LogP contribution in [0.25, 0.3) is 0 Å². The fourth-order valence-corrected chi connectivity index (χ4v) is 2.23. The Labute approximate surface area is 106 Å². The van der Waals surface area contributed by atoms with Crippen molar-refractivity contribution in [3.63, 3.8) is 0 Å². The van der Waals surface area contributed by atoms with Gasteiger partial charge >= 0.3 is 0 Å². The molecular weight excluding hydrogens is 286 g/mol. The van der Waals surface area contributed by atoms with Crippen molar-refractivity contribution in [3.05, 3.63) is 28.3 Å². The average Bonchev–Trinajstić information content (AvgIpc) is 2.35. The van der Waals surface area contributed by atoms with Crippen LogP contribution in [0.2, 0.25) is 0 Å². The third kappa shape index (κ3) is 3.81. The molecule has 11 heteroatoms. The first kappa shape index (κ1) is 15.2. The number of nitro benzene ring substituents is 1. The summed E-state index contributed by atoms with van der Waals surface area (Å²) in [6.45, 7) is -1.08. The lowest BCUT2D eigenvalue weighted by Gasteiger charge is -2.07. The predicted octanol–water partition coefficient (Wildman–Crippen LogP) is 0.424. The highest BCUT2D eigenvalue weighted by molar-refractivity contribution is 7.89. The summed E-state index contributed by atoms with van der Waals surface area (Å²) in [6, 6.07) is 2.80. The number of nitrogen functional groups attached to an aromatic ring is 1. The van der Waals surface area contributed by atoms with Crippen molar-refractivity contribution >= 4 is 21.4 Å². The molecule has 0 spiro atoms. The van der Waals surface area contributed by atoms with Crippen LogP contribution in [0.1, 0.15) is 0 Å². The summed E-state index contributed by atoms with van der Waals surface area (Å²) in [5.41, 5.74) is 1.35. The number of nitrogens with zero attached hydrogens (tertiary/aromatic N) is 1. The third-order valence-electron chi connectivity index (χ3n) is 2.06. The number of halogens is 2. The fraction of sp³-hybridized carbons (Fsp3) is 0.250. The molecule has 0 unspecified atom stereocenters. The zero-order chi connectivity index (χ0) is 14.6. The van der Waals surface area contributed by atoms with Gasteiger partial charge < -0.3 is 5.43 Å². The van der Waals surface area contributed by atoms with Crippen LogP contribution in [0.3, 0.4) is 0 Å². The number of hydrazine groups is 1. The van der Waals surface area contributed by atoms with Gasteiger partial charge in [-0.15, -0.1) is 0 Å². The summed E-state index contributed by atoms with van der Waals surface area (Å²) in [7, 11) is -4.24. The molecule has 0 heterocycles. The Morgan fingerprint density at radius 1 is 1.42 bits per heavy atom. The number of nitrogens with two attached hydrogens (primary N) is 1. The van der Waals surface area contributed by atoms with E-state index in [0.29, 0.717) is 0 Å². The number of nitro groups is 1. The maximum Gasteiger partial charge on any atom is 0.294 e. The number of benzene rings is 1. The molecule has 0 saturated heterocycles. The molecule has 0 aliphatic rings. The van der Waals surface area contributed by atoms with Crippen LogP contribution in [0, 0.1) is 10.1 Å². The monoisotopic (exact) mass is 296 g/mol. The SMILES string of the molecule is NNc1ccc(S(=O)(=O)NCC(F)F)cc1[N+](=O)[O-]. The van der Waals surface area contributed by atoms with E-state index in [0.717, 1.165) is 18.2 Å². The van der Waals surface area contributed by atoms with Crippen molar-refractivity contribution in [2.75, 3.05) is 12.0 Å². The Morgan fingerprint density at radius 2 is 2.05 bits per heavy atom. The fourth-order valence-electron chi connectivity index (χ4n) is 1.21. The molecule has 0 radical (unpaired) electrons. The lowest BCUT2D eigenvalue weighted by Crippen LogP contribution is -2.28. The van der Waals surface area contributed by atoms with Gasteiger partial charge in [-0.2, -0.15) is 0 Å². The summed E-state index contributed by atoms with van der Waals surface area (Å²) < 4.78 is 48.7. The number of alkyl halides is 2. The van der Waals surface area contributed by atoms with Crippen molar-refractivity contribution in [2.24, 2.45) is 5.84 Å². The zero-order valence-electron chi connectivity index (χ0n) is 9.34. The van der Waals surface area contributed by atoms with E-state index in [1.54, 1.807) is 4.72 Å². The molecule has 1 rings (SSSR count). The van der Waals surface area contributed by atoms with Gasteiger partial charge in [-0.05, 0) is 12.1 Å². The lowest BCUT2D eigenvalue weighted by atomic mass is 10.3. The predicted molar refractivity (Wildman–Crippen MR) is 62.1 cm³/mol. The zero-order valence-corrected chi connectivity index (χ0v) is 10.2. The normalized spacial score (nSPS) is 11.6. The van der Waals surface area contributed by atoms with Crippen LogP contribution in [0.4, 0.5) is 20.2 Å².